The van der Waals surface area contributed by atoms with Crippen LogP contribution < -0.4 is 4.74 Å². The molecule has 1 heterocycles. The van der Waals surface area contributed by atoms with Gasteiger partial charge in [-0.3, -0.25) is 4.79 Å². The summed E-state index contributed by atoms with van der Waals surface area (Å²) in [5.41, 5.74) is 1.00. The van der Waals surface area contributed by atoms with Crippen molar-refractivity contribution in [3.05, 3.63) is 28.3 Å². The summed E-state index contributed by atoms with van der Waals surface area (Å²) in [4.78, 5) is 11.2. The first-order chi connectivity index (χ1) is 6.89. The highest BCUT2D eigenvalue weighted by atomic mass is 35.5. The average molecular weight is 245 g/mol. The van der Waals surface area contributed by atoms with E-state index in [1.54, 1.807) is 12.1 Å². The maximum atomic E-state index is 11.2. The molecule has 0 N–H and O–H groups in total. The monoisotopic (exact) mass is 244 g/mol. The highest BCUT2D eigenvalue weighted by molar-refractivity contribution is 6.68. The fourth-order valence-corrected chi connectivity index (χ4v) is 2.20. The van der Waals surface area contributed by atoms with Gasteiger partial charge in [-0.15, -0.1) is 0 Å². The van der Waals surface area contributed by atoms with Gasteiger partial charge in [0.2, 0.25) is 0 Å². The summed E-state index contributed by atoms with van der Waals surface area (Å²) < 4.78 is 5.67. The summed E-state index contributed by atoms with van der Waals surface area (Å²) in [6, 6.07) is 3.30. The van der Waals surface area contributed by atoms with Gasteiger partial charge in [-0.1, -0.05) is 11.6 Å². The molecule has 1 aromatic carbocycles. The van der Waals surface area contributed by atoms with Crippen molar-refractivity contribution in [1.29, 1.82) is 0 Å². The summed E-state index contributed by atoms with van der Waals surface area (Å²) in [5, 5.41) is -0.0227. The Morgan fingerprint density at radius 1 is 1.47 bits per heavy atom. The van der Waals surface area contributed by atoms with E-state index in [4.69, 9.17) is 27.9 Å². The number of hydrogen-bond acceptors (Lipinski definition) is 2. The smallest absolute Gasteiger partial charge is 0.252 e. The number of carbonyl (C=O) groups is 1. The number of halogens is 2. The van der Waals surface area contributed by atoms with Crippen LogP contribution >= 0.6 is 23.2 Å². The van der Waals surface area contributed by atoms with Crippen molar-refractivity contribution in [2.45, 2.75) is 25.9 Å². The van der Waals surface area contributed by atoms with E-state index < -0.39 is 5.24 Å². The van der Waals surface area contributed by atoms with Gasteiger partial charge < -0.3 is 4.74 Å². The van der Waals surface area contributed by atoms with Gasteiger partial charge in [-0.2, -0.15) is 0 Å². The van der Waals surface area contributed by atoms with E-state index in [2.05, 4.69) is 0 Å². The maximum Gasteiger partial charge on any atom is 0.252 e. The lowest BCUT2D eigenvalue weighted by molar-refractivity contribution is 0.108. The zero-order chi connectivity index (χ0) is 11.2. The largest absolute Gasteiger partial charge is 0.487 e. The lowest BCUT2D eigenvalue weighted by Crippen LogP contribution is -2.24. The molecule has 15 heavy (non-hydrogen) atoms. The fraction of sp³-hybridized carbons (Fsp3) is 0.364. The van der Waals surface area contributed by atoms with Crippen LogP contribution in [0.2, 0.25) is 5.02 Å². The molecule has 0 saturated carbocycles. The van der Waals surface area contributed by atoms with Crippen LogP contribution in [0, 0.1) is 0 Å². The molecule has 0 unspecified atom stereocenters. The zero-order valence-electron chi connectivity index (χ0n) is 8.43. The van der Waals surface area contributed by atoms with E-state index in [1.165, 1.54) is 0 Å². The van der Waals surface area contributed by atoms with Crippen LogP contribution in [-0.2, 0) is 6.42 Å². The zero-order valence-corrected chi connectivity index (χ0v) is 9.95. The van der Waals surface area contributed by atoms with E-state index in [0.29, 0.717) is 22.8 Å². The van der Waals surface area contributed by atoms with Gasteiger partial charge in [0, 0.05) is 22.6 Å². The van der Waals surface area contributed by atoms with E-state index >= 15 is 0 Å². The second-order valence-electron chi connectivity index (χ2n) is 4.24. The van der Waals surface area contributed by atoms with Gasteiger partial charge >= 0.3 is 0 Å². The molecule has 0 spiro atoms. The van der Waals surface area contributed by atoms with Gasteiger partial charge in [-0.25, -0.2) is 0 Å². The van der Waals surface area contributed by atoms with Crippen molar-refractivity contribution in [1.82, 2.24) is 0 Å². The second kappa shape index (κ2) is 3.39. The quantitative estimate of drug-likeness (QED) is 0.708. The highest BCUT2D eigenvalue weighted by Gasteiger charge is 2.33. The molecule has 2 rings (SSSR count). The maximum absolute atomic E-state index is 11.2. The minimum absolute atomic E-state index is 0.298. The van der Waals surface area contributed by atoms with Crippen LogP contribution in [0.4, 0.5) is 0 Å². The molecular weight excluding hydrogens is 235 g/mol. The Morgan fingerprint density at radius 2 is 2.13 bits per heavy atom. The van der Waals surface area contributed by atoms with Crippen LogP contribution in [-0.4, -0.2) is 10.8 Å². The van der Waals surface area contributed by atoms with Crippen LogP contribution in [0.1, 0.15) is 29.8 Å². The standard InChI is InChI=1S/C11H10Cl2O2/c1-11(2)5-8-7(10(13)14)3-6(12)4-9(8)15-11/h3-4H,5H2,1-2H3. The van der Waals surface area contributed by atoms with Crippen molar-refractivity contribution >= 4 is 28.4 Å². The van der Waals surface area contributed by atoms with Crippen molar-refractivity contribution in [2.24, 2.45) is 0 Å². The van der Waals surface area contributed by atoms with Gasteiger partial charge in [0.05, 0.1) is 0 Å². The number of hydrogen-bond donors (Lipinski definition) is 0. The molecule has 0 atom stereocenters. The summed E-state index contributed by atoms with van der Waals surface area (Å²) in [5.74, 6) is 0.663. The fourth-order valence-electron chi connectivity index (χ4n) is 1.82. The second-order valence-corrected chi connectivity index (χ2v) is 5.02. The number of rotatable bonds is 1. The highest BCUT2D eigenvalue weighted by Crippen LogP contribution is 2.39. The van der Waals surface area contributed by atoms with Gasteiger partial charge in [-0.05, 0) is 37.6 Å². The Hall–Kier alpha value is -0.730. The Labute approximate surface area is 98.1 Å². The SMILES string of the molecule is CC1(C)Cc2c(cc(Cl)cc2C(=O)Cl)O1. The van der Waals surface area contributed by atoms with Gasteiger partial charge in [0.1, 0.15) is 11.4 Å². The van der Waals surface area contributed by atoms with Crippen LogP contribution in [0.25, 0.3) is 0 Å². The van der Waals surface area contributed by atoms with E-state index in [1.807, 2.05) is 13.8 Å². The lowest BCUT2D eigenvalue weighted by atomic mass is 9.98. The molecule has 1 aliphatic heterocycles. The molecule has 4 heteroatoms. The Morgan fingerprint density at radius 3 is 2.73 bits per heavy atom. The van der Waals surface area contributed by atoms with Crippen LogP contribution in [0.3, 0.4) is 0 Å². The van der Waals surface area contributed by atoms with Crippen molar-refractivity contribution < 1.29 is 9.53 Å². The third-order valence-electron chi connectivity index (χ3n) is 2.37. The van der Waals surface area contributed by atoms with Crippen molar-refractivity contribution in [3.63, 3.8) is 0 Å². The van der Waals surface area contributed by atoms with Crippen LogP contribution in [0.15, 0.2) is 12.1 Å². The third-order valence-corrected chi connectivity index (χ3v) is 2.80. The Balaban J connectivity index is 2.58. The molecule has 0 aliphatic carbocycles. The molecule has 0 radical (unpaired) electrons. The number of ether oxygens (including phenoxy) is 1. The minimum Gasteiger partial charge on any atom is -0.487 e. The first-order valence-electron chi connectivity index (χ1n) is 4.60. The summed E-state index contributed by atoms with van der Waals surface area (Å²) in [6.07, 6.45) is 0.674. The molecule has 2 nitrogen and oxygen atoms in total. The van der Waals surface area contributed by atoms with Crippen LogP contribution in [0.5, 0.6) is 5.75 Å². The first-order valence-corrected chi connectivity index (χ1v) is 5.36. The topological polar surface area (TPSA) is 26.3 Å². The predicted octanol–water partition coefficient (Wildman–Crippen LogP) is 3.43. The third kappa shape index (κ3) is 1.97. The molecule has 1 aliphatic rings. The normalized spacial score (nSPS) is 17.1. The average Bonchev–Trinajstić information content (AvgIpc) is 2.36. The summed E-state index contributed by atoms with van der Waals surface area (Å²) in [7, 11) is 0. The van der Waals surface area contributed by atoms with E-state index in [9.17, 15) is 4.79 Å². The molecule has 1 aromatic rings. The number of benzene rings is 1. The molecule has 0 fully saturated rings. The molecule has 0 bridgehead atoms. The molecule has 0 aromatic heterocycles. The van der Waals surface area contributed by atoms with Crippen molar-refractivity contribution in [2.75, 3.05) is 0 Å². The molecule has 0 amide bonds. The lowest BCUT2D eigenvalue weighted by Gasteiger charge is -2.16. The Kier molecular flexibility index (Phi) is 2.44. The number of fused-ring (bicyclic) bond motifs is 1. The summed E-state index contributed by atoms with van der Waals surface area (Å²) in [6.45, 7) is 3.92. The van der Waals surface area contributed by atoms with Gasteiger partial charge in [0.15, 0.2) is 0 Å². The van der Waals surface area contributed by atoms with Gasteiger partial charge in [0.25, 0.3) is 5.24 Å². The number of carbonyl (C=O) groups excluding carboxylic acids is 1. The Bertz CT molecular complexity index is 438. The first kappa shape index (κ1) is 10.8. The predicted molar refractivity (Wildman–Crippen MR) is 60.0 cm³/mol. The summed E-state index contributed by atoms with van der Waals surface area (Å²) >= 11 is 11.4. The van der Waals surface area contributed by atoms with E-state index in [0.717, 1.165) is 5.56 Å². The molecule has 80 valence electrons. The van der Waals surface area contributed by atoms with Crippen molar-refractivity contribution in [3.8, 4) is 5.75 Å². The van der Waals surface area contributed by atoms with E-state index in [-0.39, 0.29) is 5.60 Å². The minimum atomic E-state index is -0.491. The molecule has 0 saturated heterocycles. The molecular formula is C11H10Cl2O2.